The number of nitrogens with zero attached hydrogens (tertiary/aromatic N) is 2. The molecule has 0 amide bonds. The van der Waals surface area contributed by atoms with Gasteiger partial charge in [0.25, 0.3) is 0 Å². The zero-order valence-electron chi connectivity index (χ0n) is 9.16. The fraction of sp³-hybridized carbons (Fsp3) is 0.182. The maximum Gasteiger partial charge on any atom is 0.0828 e. The Balaban J connectivity index is 2.30. The summed E-state index contributed by atoms with van der Waals surface area (Å²) in [5, 5.41) is 7.54. The molecular weight excluding hydrogens is 315 g/mol. The number of nitrogen functional groups attached to an aromatic ring is 1. The van der Waals surface area contributed by atoms with Gasteiger partial charge in [0.05, 0.1) is 22.8 Å². The zero-order valence-corrected chi connectivity index (χ0v) is 11.3. The van der Waals surface area contributed by atoms with Crippen LogP contribution in [0.3, 0.4) is 0 Å². The minimum atomic E-state index is 0.746. The van der Waals surface area contributed by atoms with Crippen molar-refractivity contribution in [2.24, 2.45) is 7.05 Å². The summed E-state index contributed by atoms with van der Waals surface area (Å²) in [4.78, 5) is 0. The number of anilines is 3. The Labute approximate surface area is 108 Å². The van der Waals surface area contributed by atoms with Crippen molar-refractivity contribution in [1.29, 1.82) is 0 Å². The zero-order chi connectivity index (χ0) is 11.7. The molecule has 0 bridgehead atoms. The van der Waals surface area contributed by atoms with Crippen LogP contribution in [-0.4, -0.2) is 9.78 Å². The largest absolute Gasteiger partial charge is 0.397 e. The Kier molecular flexibility index (Phi) is 3.04. The van der Waals surface area contributed by atoms with E-state index in [2.05, 4.69) is 33.0 Å². The second-order valence-electron chi connectivity index (χ2n) is 3.66. The first kappa shape index (κ1) is 11.3. The molecule has 5 heteroatoms. The lowest BCUT2D eigenvalue weighted by atomic mass is 10.2. The van der Waals surface area contributed by atoms with Gasteiger partial charge in [-0.05, 0) is 47.7 Å². The average Bonchev–Trinajstić information content (AvgIpc) is 2.50. The molecule has 0 fully saturated rings. The molecule has 2 aromatic rings. The van der Waals surface area contributed by atoms with Crippen LogP contribution in [0.1, 0.15) is 5.69 Å². The van der Waals surface area contributed by atoms with E-state index in [1.54, 1.807) is 4.68 Å². The molecule has 3 N–H and O–H groups in total. The highest BCUT2D eigenvalue weighted by atomic mass is 127. The molecule has 1 heterocycles. The lowest BCUT2D eigenvalue weighted by molar-refractivity contribution is 0.756. The van der Waals surface area contributed by atoms with Crippen LogP contribution >= 0.6 is 22.6 Å². The first-order chi connectivity index (χ1) is 7.56. The Hall–Kier alpha value is -1.24. The summed E-state index contributed by atoms with van der Waals surface area (Å²) in [5.41, 5.74) is 9.53. The minimum Gasteiger partial charge on any atom is -0.397 e. The molecule has 1 aromatic carbocycles. The molecule has 0 aliphatic rings. The number of rotatable bonds is 2. The van der Waals surface area contributed by atoms with Gasteiger partial charge in [-0.2, -0.15) is 5.10 Å². The summed E-state index contributed by atoms with van der Waals surface area (Å²) < 4.78 is 2.91. The number of halogens is 1. The van der Waals surface area contributed by atoms with Gasteiger partial charge in [0.1, 0.15) is 0 Å². The predicted octanol–water partition coefficient (Wildman–Crippen LogP) is 2.66. The molecule has 84 valence electrons. The molecule has 0 aliphatic heterocycles. The third-order valence-corrected chi connectivity index (χ3v) is 2.97. The van der Waals surface area contributed by atoms with Gasteiger partial charge in [-0.25, -0.2) is 0 Å². The van der Waals surface area contributed by atoms with Crippen molar-refractivity contribution in [3.05, 3.63) is 33.7 Å². The number of aromatic nitrogens is 2. The van der Waals surface area contributed by atoms with E-state index in [-0.39, 0.29) is 0 Å². The number of aryl methyl sites for hydroxylation is 2. The van der Waals surface area contributed by atoms with E-state index in [1.165, 1.54) is 0 Å². The van der Waals surface area contributed by atoms with Crippen molar-refractivity contribution < 1.29 is 0 Å². The van der Waals surface area contributed by atoms with Crippen LogP contribution in [0.25, 0.3) is 0 Å². The highest BCUT2D eigenvalue weighted by Gasteiger charge is 2.05. The number of benzene rings is 1. The van der Waals surface area contributed by atoms with Crippen molar-refractivity contribution in [3.63, 3.8) is 0 Å². The third kappa shape index (κ3) is 2.29. The maximum atomic E-state index is 5.93. The molecular formula is C11H13IN4. The predicted molar refractivity (Wildman–Crippen MR) is 74.8 cm³/mol. The SMILES string of the molecule is Cc1nn(C)cc1Nc1ccc(I)cc1N. The van der Waals surface area contributed by atoms with Crippen molar-refractivity contribution in [1.82, 2.24) is 9.78 Å². The van der Waals surface area contributed by atoms with Gasteiger partial charge in [0.2, 0.25) is 0 Å². The van der Waals surface area contributed by atoms with E-state index in [1.807, 2.05) is 38.4 Å². The van der Waals surface area contributed by atoms with Crippen LogP contribution in [0.4, 0.5) is 17.1 Å². The monoisotopic (exact) mass is 328 g/mol. The lowest BCUT2D eigenvalue weighted by Crippen LogP contribution is -1.96. The van der Waals surface area contributed by atoms with Crippen molar-refractivity contribution in [2.75, 3.05) is 11.1 Å². The van der Waals surface area contributed by atoms with Crippen LogP contribution in [0.2, 0.25) is 0 Å². The Morgan fingerprint density at radius 1 is 1.38 bits per heavy atom. The molecule has 4 nitrogen and oxygen atoms in total. The quantitative estimate of drug-likeness (QED) is 0.658. The van der Waals surface area contributed by atoms with Crippen LogP contribution in [-0.2, 0) is 7.05 Å². The first-order valence-electron chi connectivity index (χ1n) is 4.88. The number of nitrogens with two attached hydrogens (primary N) is 1. The van der Waals surface area contributed by atoms with E-state index < -0.39 is 0 Å². The van der Waals surface area contributed by atoms with Crippen LogP contribution < -0.4 is 11.1 Å². The van der Waals surface area contributed by atoms with Gasteiger partial charge < -0.3 is 11.1 Å². The summed E-state index contributed by atoms with van der Waals surface area (Å²) in [6, 6.07) is 5.93. The molecule has 0 spiro atoms. The molecule has 0 atom stereocenters. The normalized spacial score (nSPS) is 10.4. The molecule has 0 saturated carbocycles. The third-order valence-electron chi connectivity index (χ3n) is 2.30. The Bertz CT molecular complexity index is 519. The first-order valence-corrected chi connectivity index (χ1v) is 5.96. The Morgan fingerprint density at radius 2 is 2.12 bits per heavy atom. The molecule has 0 radical (unpaired) electrons. The highest BCUT2D eigenvalue weighted by molar-refractivity contribution is 14.1. The minimum absolute atomic E-state index is 0.746. The second kappa shape index (κ2) is 4.32. The maximum absolute atomic E-state index is 5.93. The van der Waals surface area contributed by atoms with E-state index in [4.69, 9.17) is 5.73 Å². The molecule has 2 rings (SSSR count). The average molecular weight is 328 g/mol. The second-order valence-corrected chi connectivity index (χ2v) is 4.90. The summed E-state index contributed by atoms with van der Waals surface area (Å²) in [6.45, 7) is 1.96. The van der Waals surface area contributed by atoms with Crippen LogP contribution in [0.5, 0.6) is 0 Å². The van der Waals surface area contributed by atoms with Crippen molar-refractivity contribution in [3.8, 4) is 0 Å². The van der Waals surface area contributed by atoms with Gasteiger partial charge in [-0.1, -0.05) is 0 Å². The van der Waals surface area contributed by atoms with E-state index in [9.17, 15) is 0 Å². The number of nitrogens with one attached hydrogen (secondary N) is 1. The smallest absolute Gasteiger partial charge is 0.0828 e. The molecule has 16 heavy (non-hydrogen) atoms. The standard InChI is InChI=1S/C11H13IN4/c1-7-11(6-16(2)15-7)14-10-4-3-8(12)5-9(10)13/h3-6,14H,13H2,1-2H3. The van der Waals surface area contributed by atoms with Gasteiger partial charge in [-0.15, -0.1) is 0 Å². The lowest BCUT2D eigenvalue weighted by Gasteiger charge is -2.08. The van der Waals surface area contributed by atoms with E-state index >= 15 is 0 Å². The van der Waals surface area contributed by atoms with Crippen molar-refractivity contribution in [2.45, 2.75) is 6.92 Å². The van der Waals surface area contributed by atoms with Crippen LogP contribution in [0, 0.1) is 10.5 Å². The Morgan fingerprint density at radius 3 is 2.69 bits per heavy atom. The van der Waals surface area contributed by atoms with E-state index in [0.29, 0.717) is 0 Å². The van der Waals surface area contributed by atoms with Gasteiger partial charge in [0, 0.05) is 16.8 Å². The van der Waals surface area contributed by atoms with Crippen LogP contribution in [0.15, 0.2) is 24.4 Å². The molecule has 0 aliphatic carbocycles. The number of hydrogen-bond acceptors (Lipinski definition) is 3. The molecule has 0 unspecified atom stereocenters. The summed E-state index contributed by atoms with van der Waals surface area (Å²) >= 11 is 2.24. The summed E-state index contributed by atoms with van der Waals surface area (Å²) in [5.74, 6) is 0. The molecule has 0 saturated heterocycles. The van der Waals surface area contributed by atoms with Crippen molar-refractivity contribution >= 4 is 39.7 Å². The topological polar surface area (TPSA) is 55.9 Å². The van der Waals surface area contributed by atoms with Gasteiger partial charge in [0.15, 0.2) is 0 Å². The molecule has 1 aromatic heterocycles. The summed E-state index contributed by atoms with van der Waals surface area (Å²) in [6.07, 6.45) is 1.94. The summed E-state index contributed by atoms with van der Waals surface area (Å²) in [7, 11) is 1.90. The number of hydrogen-bond donors (Lipinski definition) is 2. The highest BCUT2D eigenvalue weighted by Crippen LogP contribution is 2.25. The van der Waals surface area contributed by atoms with E-state index in [0.717, 1.165) is 26.3 Å². The van der Waals surface area contributed by atoms with Gasteiger partial charge in [-0.3, -0.25) is 4.68 Å². The fourth-order valence-electron chi connectivity index (χ4n) is 1.51. The van der Waals surface area contributed by atoms with Gasteiger partial charge >= 0.3 is 0 Å². The fourth-order valence-corrected chi connectivity index (χ4v) is 2.03.